The predicted octanol–water partition coefficient (Wildman–Crippen LogP) is 4.74. The molecule has 144 valence electrons. The van der Waals surface area contributed by atoms with Crippen LogP contribution in [0.2, 0.25) is 0 Å². The first-order chi connectivity index (χ1) is 13.3. The maximum Gasteiger partial charge on any atom is 0.120 e. The van der Waals surface area contributed by atoms with Crippen LogP contribution in [0.4, 0.5) is 0 Å². The second-order valence-electron chi connectivity index (χ2n) is 8.07. The summed E-state index contributed by atoms with van der Waals surface area (Å²) in [6.07, 6.45) is 6.94. The normalized spacial score (nSPS) is 23.0. The molecule has 1 saturated heterocycles. The van der Waals surface area contributed by atoms with Crippen LogP contribution in [0, 0.1) is 5.92 Å². The van der Waals surface area contributed by atoms with Gasteiger partial charge in [-0.25, -0.2) is 0 Å². The van der Waals surface area contributed by atoms with E-state index in [4.69, 9.17) is 4.74 Å². The third-order valence-electron chi connectivity index (χ3n) is 6.18. The maximum atomic E-state index is 10.9. The van der Waals surface area contributed by atoms with Gasteiger partial charge >= 0.3 is 0 Å². The van der Waals surface area contributed by atoms with E-state index in [1.54, 1.807) is 0 Å². The number of ether oxygens (including phenoxy) is 1. The molecule has 0 amide bonds. The number of nitrogens with zero attached hydrogens (tertiary/aromatic N) is 1. The second-order valence-corrected chi connectivity index (χ2v) is 8.07. The maximum absolute atomic E-state index is 10.9. The lowest BCUT2D eigenvalue weighted by Crippen LogP contribution is -2.33. The SMILES string of the molecule is OC1c2ccc(OCc3ccccc3)cc2CCC1CCN1CCCCC1. The van der Waals surface area contributed by atoms with Crippen molar-refractivity contribution in [2.24, 2.45) is 5.92 Å². The van der Waals surface area contributed by atoms with Gasteiger partial charge < -0.3 is 14.7 Å². The van der Waals surface area contributed by atoms with Crippen LogP contribution in [0.3, 0.4) is 0 Å². The fourth-order valence-corrected chi connectivity index (χ4v) is 4.50. The molecule has 3 nitrogen and oxygen atoms in total. The van der Waals surface area contributed by atoms with Crippen molar-refractivity contribution in [2.45, 2.75) is 51.2 Å². The standard InChI is InChI=1S/C24H31NO2/c26-24-20(13-16-25-14-5-2-6-15-25)9-10-21-17-22(11-12-23(21)24)27-18-19-7-3-1-4-8-19/h1,3-4,7-8,11-12,17,20,24,26H,2,5-6,9-10,13-16,18H2. The van der Waals surface area contributed by atoms with Crippen LogP contribution in [0.1, 0.15) is 54.9 Å². The van der Waals surface area contributed by atoms with Gasteiger partial charge in [0.05, 0.1) is 6.10 Å². The van der Waals surface area contributed by atoms with Crippen LogP contribution in [-0.4, -0.2) is 29.6 Å². The number of fused-ring (bicyclic) bond motifs is 1. The van der Waals surface area contributed by atoms with Gasteiger partial charge in [-0.3, -0.25) is 0 Å². The van der Waals surface area contributed by atoms with Crippen LogP contribution in [0.25, 0.3) is 0 Å². The molecule has 1 heterocycles. The van der Waals surface area contributed by atoms with E-state index in [-0.39, 0.29) is 6.10 Å². The van der Waals surface area contributed by atoms with Crippen molar-refractivity contribution in [1.82, 2.24) is 4.90 Å². The van der Waals surface area contributed by atoms with Gasteiger partial charge in [-0.1, -0.05) is 42.8 Å². The van der Waals surface area contributed by atoms with Gasteiger partial charge in [0.25, 0.3) is 0 Å². The van der Waals surface area contributed by atoms with Crippen molar-refractivity contribution in [3.63, 3.8) is 0 Å². The number of aryl methyl sites for hydroxylation is 1. The number of piperidine rings is 1. The van der Waals surface area contributed by atoms with Gasteiger partial charge in [0, 0.05) is 0 Å². The molecule has 0 aromatic heterocycles. The molecule has 3 heteroatoms. The lowest BCUT2D eigenvalue weighted by molar-refractivity contribution is 0.0779. The van der Waals surface area contributed by atoms with E-state index in [0.717, 1.165) is 37.1 Å². The highest BCUT2D eigenvalue weighted by molar-refractivity contribution is 5.39. The van der Waals surface area contributed by atoms with Crippen LogP contribution in [-0.2, 0) is 13.0 Å². The minimum Gasteiger partial charge on any atom is -0.489 e. The minimum atomic E-state index is -0.332. The fourth-order valence-electron chi connectivity index (χ4n) is 4.50. The lowest BCUT2D eigenvalue weighted by atomic mass is 9.79. The zero-order chi connectivity index (χ0) is 18.5. The molecule has 2 unspecified atom stereocenters. The Morgan fingerprint density at radius 3 is 2.63 bits per heavy atom. The first-order valence-electron chi connectivity index (χ1n) is 10.5. The molecular weight excluding hydrogens is 334 g/mol. The number of rotatable bonds is 6. The van der Waals surface area contributed by atoms with Gasteiger partial charge in [0.2, 0.25) is 0 Å². The zero-order valence-corrected chi connectivity index (χ0v) is 16.1. The van der Waals surface area contributed by atoms with Crippen LogP contribution in [0.15, 0.2) is 48.5 Å². The Balaban J connectivity index is 1.34. The quantitative estimate of drug-likeness (QED) is 0.803. The van der Waals surface area contributed by atoms with E-state index in [0.29, 0.717) is 12.5 Å². The second kappa shape index (κ2) is 8.90. The smallest absolute Gasteiger partial charge is 0.120 e. The molecular formula is C24H31NO2. The number of benzene rings is 2. The number of likely N-dealkylation sites (tertiary alicyclic amines) is 1. The van der Waals surface area contributed by atoms with Crippen molar-refractivity contribution < 1.29 is 9.84 Å². The summed E-state index contributed by atoms with van der Waals surface area (Å²) in [7, 11) is 0. The molecule has 1 fully saturated rings. The van der Waals surface area contributed by atoms with Gasteiger partial charge in [0.1, 0.15) is 12.4 Å². The Hall–Kier alpha value is -1.84. The summed E-state index contributed by atoms with van der Waals surface area (Å²) in [5.74, 6) is 1.28. The number of hydrogen-bond acceptors (Lipinski definition) is 3. The van der Waals surface area contributed by atoms with E-state index in [1.807, 2.05) is 24.3 Å². The Labute approximate surface area is 163 Å². The van der Waals surface area contributed by atoms with Gasteiger partial charge in [-0.2, -0.15) is 0 Å². The summed E-state index contributed by atoms with van der Waals surface area (Å²) < 4.78 is 5.96. The molecule has 1 aliphatic carbocycles. The molecule has 1 aliphatic heterocycles. The molecule has 2 aromatic rings. The number of aliphatic hydroxyl groups is 1. The van der Waals surface area contributed by atoms with Crippen molar-refractivity contribution in [2.75, 3.05) is 19.6 Å². The third kappa shape index (κ3) is 4.72. The molecule has 4 rings (SSSR count). The van der Waals surface area contributed by atoms with Crippen molar-refractivity contribution >= 4 is 0 Å². The van der Waals surface area contributed by atoms with Crippen molar-refractivity contribution in [1.29, 1.82) is 0 Å². The molecule has 1 N–H and O–H groups in total. The monoisotopic (exact) mass is 365 g/mol. The highest BCUT2D eigenvalue weighted by Gasteiger charge is 2.28. The molecule has 2 aromatic carbocycles. The van der Waals surface area contributed by atoms with E-state index >= 15 is 0 Å². The molecule has 0 bridgehead atoms. The molecule has 2 atom stereocenters. The Morgan fingerprint density at radius 2 is 1.81 bits per heavy atom. The van der Waals surface area contributed by atoms with Crippen molar-refractivity contribution in [3.05, 3.63) is 65.2 Å². The molecule has 2 aliphatic rings. The Kier molecular flexibility index (Phi) is 6.10. The summed E-state index contributed by atoms with van der Waals surface area (Å²) >= 11 is 0. The lowest BCUT2D eigenvalue weighted by Gasteiger charge is -2.33. The fraction of sp³-hybridized carbons (Fsp3) is 0.500. The molecule has 0 spiro atoms. The van der Waals surface area contributed by atoms with Gasteiger partial charge in [-0.15, -0.1) is 0 Å². The van der Waals surface area contributed by atoms with Crippen LogP contribution >= 0.6 is 0 Å². The topological polar surface area (TPSA) is 32.7 Å². The predicted molar refractivity (Wildman–Crippen MR) is 109 cm³/mol. The summed E-state index contributed by atoms with van der Waals surface area (Å²) in [6, 6.07) is 16.5. The zero-order valence-electron chi connectivity index (χ0n) is 16.1. The summed E-state index contributed by atoms with van der Waals surface area (Å²) in [5.41, 5.74) is 3.53. The highest BCUT2D eigenvalue weighted by Crippen LogP contribution is 2.38. The van der Waals surface area contributed by atoms with E-state index < -0.39 is 0 Å². The van der Waals surface area contributed by atoms with Gasteiger partial charge in [0.15, 0.2) is 0 Å². The van der Waals surface area contributed by atoms with E-state index in [1.165, 1.54) is 43.5 Å². The number of aliphatic hydroxyl groups excluding tert-OH is 1. The summed E-state index contributed by atoms with van der Waals surface area (Å²) in [4.78, 5) is 2.58. The first kappa shape index (κ1) is 18.5. The first-order valence-corrected chi connectivity index (χ1v) is 10.5. The number of hydrogen-bond donors (Lipinski definition) is 1. The highest BCUT2D eigenvalue weighted by atomic mass is 16.5. The van der Waals surface area contributed by atoms with Gasteiger partial charge in [-0.05, 0) is 86.5 Å². The van der Waals surface area contributed by atoms with E-state index in [9.17, 15) is 5.11 Å². The minimum absolute atomic E-state index is 0.332. The molecule has 27 heavy (non-hydrogen) atoms. The van der Waals surface area contributed by atoms with Crippen LogP contribution < -0.4 is 4.74 Å². The van der Waals surface area contributed by atoms with Crippen LogP contribution in [0.5, 0.6) is 5.75 Å². The Morgan fingerprint density at radius 1 is 1.00 bits per heavy atom. The largest absolute Gasteiger partial charge is 0.489 e. The summed E-state index contributed by atoms with van der Waals surface area (Å²) in [6.45, 7) is 4.19. The average Bonchev–Trinajstić information content (AvgIpc) is 2.73. The third-order valence-corrected chi connectivity index (χ3v) is 6.18. The van der Waals surface area contributed by atoms with Crippen molar-refractivity contribution in [3.8, 4) is 5.75 Å². The summed E-state index contributed by atoms with van der Waals surface area (Å²) in [5, 5.41) is 10.9. The molecule has 0 saturated carbocycles. The Bertz CT molecular complexity index is 724. The van der Waals surface area contributed by atoms with E-state index in [2.05, 4.69) is 29.2 Å². The average molecular weight is 366 g/mol. The molecule has 0 radical (unpaired) electrons.